The zero-order chi connectivity index (χ0) is 14.7. The van der Waals surface area contributed by atoms with Gasteiger partial charge in [-0.1, -0.05) is 19.1 Å². The molecule has 22 heavy (non-hydrogen) atoms. The third-order valence-corrected chi connectivity index (χ3v) is 4.91. The van der Waals surface area contributed by atoms with Gasteiger partial charge in [0, 0.05) is 18.7 Å². The average molecular weight is 323 g/mol. The molecule has 122 valence electrons. The molecular formula is C18H27ClN2O. The molecule has 2 aliphatic rings. The van der Waals surface area contributed by atoms with Gasteiger partial charge in [-0.05, 0) is 68.3 Å². The Balaban J connectivity index is 0.00000176. The van der Waals surface area contributed by atoms with E-state index in [-0.39, 0.29) is 18.3 Å². The first kappa shape index (κ1) is 17.3. The fraction of sp³-hybridized carbons (Fsp3) is 0.611. The first-order chi connectivity index (χ1) is 10.2. The van der Waals surface area contributed by atoms with Gasteiger partial charge < -0.3 is 10.2 Å². The summed E-state index contributed by atoms with van der Waals surface area (Å²) < 4.78 is 0. The largest absolute Gasteiger partial charge is 0.338 e. The summed E-state index contributed by atoms with van der Waals surface area (Å²) in [5, 5.41) is 3.40. The van der Waals surface area contributed by atoms with Gasteiger partial charge in [0.1, 0.15) is 0 Å². The van der Waals surface area contributed by atoms with Crippen LogP contribution in [0.4, 0.5) is 0 Å². The van der Waals surface area contributed by atoms with Crippen molar-refractivity contribution in [3.8, 4) is 0 Å². The zero-order valence-electron chi connectivity index (χ0n) is 13.4. The van der Waals surface area contributed by atoms with Crippen LogP contribution in [0.5, 0.6) is 0 Å². The SMILES string of the molecule is CC1CCCN(C(=O)c2ccc(C3CCNCC3)cc2)C1.Cl. The summed E-state index contributed by atoms with van der Waals surface area (Å²) in [4.78, 5) is 14.6. The second-order valence-electron chi connectivity index (χ2n) is 6.64. The standard InChI is InChI=1S/C18H26N2O.ClH/c1-14-3-2-12-20(13-14)18(21)17-6-4-15(5-7-17)16-8-10-19-11-9-16;/h4-7,14,16,19H,2-3,8-13H2,1H3;1H. The topological polar surface area (TPSA) is 32.3 Å². The summed E-state index contributed by atoms with van der Waals surface area (Å²) in [6.45, 7) is 6.28. The maximum Gasteiger partial charge on any atom is 0.253 e. The quantitative estimate of drug-likeness (QED) is 0.904. The number of halogens is 1. The molecule has 1 aromatic carbocycles. The number of amides is 1. The monoisotopic (exact) mass is 322 g/mol. The molecule has 0 aromatic heterocycles. The number of carbonyl (C=O) groups is 1. The minimum Gasteiger partial charge on any atom is -0.338 e. The van der Waals surface area contributed by atoms with E-state index in [4.69, 9.17) is 0 Å². The van der Waals surface area contributed by atoms with Gasteiger partial charge in [-0.15, -0.1) is 12.4 Å². The van der Waals surface area contributed by atoms with E-state index in [1.54, 1.807) is 0 Å². The lowest BCUT2D eigenvalue weighted by atomic mass is 9.89. The Morgan fingerprint density at radius 3 is 2.45 bits per heavy atom. The first-order valence-corrected chi connectivity index (χ1v) is 8.34. The molecule has 0 spiro atoms. The maximum absolute atomic E-state index is 12.5. The van der Waals surface area contributed by atoms with Crippen molar-refractivity contribution in [2.24, 2.45) is 5.92 Å². The fourth-order valence-electron chi connectivity index (χ4n) is 3.61. The third kappa shape index (κ3) is 4.02. The molecule has 2 fully saturated rings. The lowest BCUT2D eigenvalue weighted by Crippen LogP contribution is -2.39. The van der Waals surface area contributed by atoms with E-state index in [2.05, 4.69) is 24.4 Å². The molecule has 1 amide bonds. The van der Waals surface area contributed by atoms with Crippen LogP contribution in [-0.2, 0) is 0 Å². The zero-order valence-corrected chi connectivity index (χ0v) is 14.2. The minimum absolute atomic E-state index is 0. The third-order valence-electron chi connectivity index (χ3n) is 4.91. The van der Waals surface area contributed by atoms with Gasteiger partial charge in [-0.3, -0.25) is 4.79 Å². The van der Waals surface area contributed by atoms with Crippen molar-refractivity contribution < 1.29 is 4.79 Å². The van der Waals surface area contributed by atoms with Crippen LogP contribution in [0, 0.1) is 5.92 Å². The second-order valence-corrected chi connectivity index (χ2v) is 6.64. The Morgan fingerprint density at radius 1 is 1.14 bits per heavy atom. The highest BCUT2D eigenvalue weighted by Crippen LogP contribution is 2.26. The number of nitrogens with one attached hydrogen (secondary N) is 1. The number of hydrogen-bond acceptors (Lipinski definition) is 2. The van der Waals surface area contributed by atoms with Crippen molar-refractivity contribution in [3.05, 3.63) is 35.4 Å². The maximum atomic E-state index is 12.5. The van der Waals surface area contributed by atoms with Crippen LogP contribution >= 0.6 is 12.4 Å². The molecule has 0 saturated carbocycles. The van der Waals surface area contributed by atoms with Crippen molar-refractivity contribution in [2.45, 2.75) is 38.5 Å². The predicted molar refractivity (Wildman–Crippen MR) is 92.8 cm³/mol. The summed E-state index contributed by atoms with van der Waals surface area (Å²) in [5.41, 5.74) is 2.24. The number of benzene rings is 1. The average Bonchev–Trinajstić information content (AvgIpc) is 2.55. The van der Waals surface area contributed by atoms with Crippen molar-refractivity contribution in [2.75, 3.05) is 26.2 Å². The van der Waals surface area contributed by atoms with Crippen LogP contribution in [0.3, 0.4) is 0 Å². The highest BCUT2D eigenvalue weighted by atomic mass is 35.5. The van der Waals surface area contributed by atoms with E-state index >= 15 is 0 Å². The molecule has 2 aliphatic heterocycles. The molecule has 2 saturated heterocycles. The molecule has 0 radical (unpaired) electrons. The normalized spacial score (nSPS) is 23.0. The van der Waals surface area contributed by atoms with Crippen molar-refractivity contribution >= 4 is 18.3 Å². The molecule has 1 unspecified atom stereocenters. The Labute approximate surface area is 139 Å². The Morgan fingerprint density at radius 2 is 1.82 bits per heavy atom. The van der Waals surface area contributed by atoms with Crippen molar-refractivity contribution in [1.82, 2.24) is 10.2 Å². The van der Waals surface area contributed by atoms with Crippen LogP contribution in [0.2, 0.25) is 0 Å². The number of carbonyl (C=O) groups excluding carboxylic acids is 1. The molecule has 0 aliphatic carbocycles. The van der Waals surface area contributed by atoms with Crippen LogP contribution in [-0.4, -0.2) is 37.0 Å². The number of piperidine rings is 2. The van der Waals surface area contributed by atoms with Crippen LogP contribution in [0.1, 0.15) is 54.4 Å². The van der Waals surface area contributed by atoms with Crippen molar-refractivity contribution in [3.63, 3.8) is 0 Å². The van der Waals surface area contributed by atoms with Gasteiger partial charge in [0.05, 0.1) is 0 Å². The summed E-state index contributed by atoms with van der Waals surface area (Å²) in [5.74, 6) is 1.50. The van der Waals surface area contributed by atoms with E-state index in [1.165, 1.54) is 24.8 Å². The number of nitrogens with zero attached hydrogens (tertiary/aromatic N) is 1. The second kappa shape index (κ2) is 7.98. The van der Waals surface area contributed by atoms with E-state index in [9.17, 15) is 4.79 Å². The molecule has 4 heteroatoms. The lowest BCUT2D eigenvalue weighted by Gasteiger charge is -2.31. The smallest absolute Gasteiger partial charge is 0.253 e. The number of hydrogen-bond donors (Lipinski definition) is 1. The Kier molecular flexibility index (Phi) is 6.27. The molecule has 0 bridgehead atoms. The molecule has 1 N–H and O–H groups in total. The highest BCUT2D eigenvalue weighted by Gasteiger charge is 2.22. The number of likely N-dealkylation sites (tertiary alicyclic amines) is 1. The van der Waals surface area contributed by atoms with E-state index in [0.29, 0.717) is 11.8 Å². The summed E-state index contributed by atoms with van der Waals surface area (Å²) in [7, 11) is 0. The summed E-state index contributed by atoms with van der Waals surface area (Å²) >= 11 is 0. The molecule has 1 atom stereocenters. The van der Waals surface area contributed by atoms with Gasteiger partial charge >= 0.3 is 0 Å². The van der Waals surface area contributed by atoms with Crippen molar-refractivity contribution in [1.29, 1.82) is 0 Å². The number of rotatable bonds is 2. The van der Waals surface area contributed by atoms with Gasteiger partial charge in [0.2, 0.25) is 0 Å². The fourth-order valence-corrected chi connectivity index (χ4v) is 3.61. The highest BCUT2D eigenvalue weighted by molar-refractivity contribution is 5.94. The van der Waals surface area contributed by atoms with Crippen LogP contribution in [0.25, 0.3) is 0 Å². The molecule has 3 nitrogen and oxygen atoms in total. The van der Waals surface area contributed by atoms with Gasteiger partial charge in [0.25, 0.3) is 5.91 Å². The van der Waals surface area contributed by atoms with Gasteiger partial charge in [-0.25, -0.2) is 0 Å². The lowest BCUT2D eigenvalue weighted by molar-refractivity contribution is 0.0683. The molecular weight excluding hydrogens is 296 g/mol. The van der Waals surface area contributed by atoms with Gasteiger partial charge in [0.15, 0.2) is 0 Å². The first-order valence-electron chi connectivity index (χ1n) is 8.34. The van der Waals surface area contributed by atoms with E-state index in [0.717, 1.165) is 38.2 Å². The van der Waals surface area contributed by atoms with Gasteiger partial charge in [-0.2, -0.15) is 0 Å². The predicted octanol–water partition coefficient (Wildman–Crippen LogP) is 3.45. The Bertz CT molecular complexity index is 482. The van der Waals surface area contributed by atoms with E-state index in [1.807, 2.05) is 17.0 Å². The summed E-state index contributed by atoms with van der Waals surface area (Å²) in [6.07, 6.45) is 4.80. The Hall–Kier alpha value is -1.06. The minimum atomic E-state index is 0. The van der Waals surface area contributed by atoms with E-state index < -0.39 is 0 Å². The molecule has 2 heterocycles. The molecule has 3 rings (SSSR count). The van der Waals surface area contributed by atoms with Crippen LogP contribution < -0.4 is 5.32 Å². The van der Waals surface area contributed by atoms with Crippen LogP contribution in [0.15, 0.2) is 24.3 Å². The summed E-state index contributed by atoms with van der Waals surface area (Å²) in [6, 6.07) is 8.38. The molecule has 1 aromatic rings.